The Bertz CT molecular complexity index is 943. The Hall–Kier alpha value is -2.46. The van der Waals surface area contributed by atoms with Gasteiger partial charge in [0.2, 0.25) is 0 Å². The van der Waals surface area contributed by atoms with E-state index in [9.17, 15) is 4.39 Å². The molecule has 5 heteroatoms. The maximum Gasteiger partial charge on any atom is 0.135 e. The summed E-state index contributed by atoms with van der Waals surface area (Å²) >= 11 is 6.34. The molecule has 2 heterocycles. The lowest BCUT2D eigenvalue weighted by molar-refractivity contribution is 0.627. The normalized spacial score (nSPS) is 13.1. The first kappa shape index (κ1) is 14.2. The van der Waals surface area contributed by atoms with E-state index in [1.54, 1.807) is 12.3 Å². The highest BCUT2D eigenvalue weighted by atomic mass is 35.5. The zero-order chi connectivity index (χ0) is 16.0. The van der Waals surface area contributed by atoms with Crippen LogP contribution in [0.1, 0.15) is 22.6 Å². The Morgan fingerprint density at radius 1 is 1.13 bits per heavy atom. The van der Waals surface area contributed by atoms with Crippen molar-refractivity contribution in [2.75, 3.05) is 0 Å². The van der Waals surface area contributed by atoms with Crippen LogP contribution in [0.2, 0.25) is 5.02 Å². The highest BCUT2D eigenvalue weighted by molar-refractivity contribution is 6.35. The minimum Gasteiger partial charge on any atom is -0.299 e. The number of aryl methyl sites for hydroxylation is 1. The Balaban J connectivity index is 2.03. The molecule has 1 aromatic heterocycles. The average molecular weight is 326 g/mol. The quantitative estimate of drug-likeness (QED) is 0.655. The lowest BCUT2D eigenvalue weighted by Crippen LogP contribution is -2.09. The van der Waals surface area contributed by atoms with Crippen LogP contribution in [-0.4, -0.2) is 15.3 Å². The van der Waals surface area contributed by atoms with Crippen LogP contribution >= 0.6 is 11.6 Å². The Labute approximate surface area is 138 Å². The standard InChI is InChI=1S/C18H13ClFN3/c1-11-9-21-17-10-22-18(13-4-2-3-5-15(13)19)14-8-12(20)6-7-16(14)23(11)17/h2-9H,10H2,1H3. The summed E-state index contributed by atoms with van der Waals surface area (Å²) in [6.07, 6.45) is 1.80. The van der Waals surface area contributed by atoms with Gasteiger partial charge in [-0.25, -0.2) is 9.37 Å². The predicted octanol–water partition coefficient (Wildman–Crippen LogP) is 4.32. The number of halogens is 2. The summed E-state index contributed by atoms with van der Waals surface area (Å²) in [5.41, 5.74) is 4.06. The maximum absolute atomic E-state index is 13.9. The van der Waals surface area contributed by atoms with E-state index in [4.69, 9.17) is 11.6 Å². The van der Waals surface area contributed by atoms with E-state index in [-0.39, 0.29) is 5.82 Å². The van der Waals surface area contributed by atoms with Crippen LogP contribution in [-0.2, 0) is 6.54 Å². The van der Waals surface area contributed by atoms with Crippen molar-refractivity contribution in [3.05, 3.63) is 82.1 Å². The molecule has 0 amide bonds. The summed E-state index contributed by atoms with van der Waals surface area (Å²) in [7, 11) is 0. The summed E-state index contributed by atoms with van der Waals surface area (Å²) in [5.74, 6) is 0.530. The zero-order valence-corrected chi connectivity index (χ0v) is 13.2. The number of hydrogen-bond donors (Lipinski definition) is 0. The van der Waals surface area contributed by atoms with Crippen LogP contribution < -0.4 is 0 Å². The van der Waals surface area contributed by atoms with Gasteiger partial charge in [0.25, 0.3) is 0 Å². The Morgan fingerprint density at radius 2 is 1.96 bits per heavy atom. The van der Waals surface area contributed by atoms with E-state index in [2.05, 4.69) is 9.98 Å². The van der Waals surface area contributed by atoms with Crippen LogP contribution in [0.25, 0.3) is 5.69 Å². The van der Waals surface area contributed by atoms with E-state index in [0.717, 1.165) is 28.3 Å². The van der Waals surface area contributed by atoms with Gasteiger partial charge < -0.3 is 0 Å². The summed E-state index contributed by atoms with van der Waals surface area (Å²) in [5, 5.41) is 0.595. The summed E-state index contributed by atoms with van der Waals surface area (Å²) in [6, 6.07) is 12.2. The third-order valence-electron chi connectivity index (χ3n) is 3.97. The molecule has 0 unspecified atom stereocenters. The van der Waals surface area contributed by atoms with Crippen molar-refractivity contribution in [3.63, 3.8) is 0 Å². The van der Waals surface area contributed by atoms with Gasteiger partial charge in [-0.15, -0.1) is 0 Å². The minimum absolute atomic E-state index is 0.301. The fourth-order valence-electron chi connectivity index (χ4n) is 2.94. The topological polar surface area (TPSA) is 30.2 Å². The lowest BCUT2D eigenvalue weighted by atomic mass is 10.00. The molecule has 4 rings (SSSR count). The molecule has 1 aliphatic rings. The molecule has 0 aliphatic carbocycles. The fraction of sp³-hybridized carbons (Fsp3) is 0.111. The second kappa shape index (κ2) is 5.32. The second-order valence-electron chi connectivity index (χ2n) is 5.46. The SMILES string of the molecule is Cc1cnc2n1-c1ccc(F)cc1C(c1ccccc1Cl)=NC2. The number of hydrogen-bond acceptors (Lipinski definition) is 2. The molecule has 3 aromatic rings. The van der Waals surface area contributed by atoms with Gasteiger partial charge in [0.1, 0.15) is 11.6 Å². The van der Waals surface area contributed by atoms with Crippen molar-refractivity contribution in [3.8, 4) is 5.69 Å². The predicted molar refractivity (Wildman–Crippen MR) is 89.1 cm³/mol. The molecule has 0 radical (unpaired) electrons. The van der Waals surface area contributed by atoms with E-state index >= 15 is 0 Å². The molecule has 0 atom stereocenters. The molecular weight excluding hydrogens is 313 g/mol. The van der Waals surface area contributed by atoms with Crippen molar-refractivity contribution in [1.29, 1.82) is 0 Å². The number of aromatic nitrogens is 2. The first-order chi connectivity index (χ1) is 11.1. The molecule has 114 valence electrons. The monoisotopic (exact) mass is 325 g/mol. The van der Waals surface area contributed by atoms with Gasteiger partial charge in [0.05, 0.1) is 17.9 Å². The largest absolute Gasteiger partial charge is 0.299 e. The number of nitrogens with zero attached hydrogens (tertiary/aromatic N) is 3. The van der Waals surface area contributed by atoms with Gasteiger partial charge in [-0.05, 0) is 31.2 Å². The van der Waals surface area contributed by atoms with Crippen molar-refractivity contribution in [2.24, 2.45) is 4.99 Å². The first-order valence-corrected chi connectivity index (χ1v) is 7.66. The molecule has 1 aliphatic heterocycles. The minimum atomic E-state index is -0.301. The van der Waals surface area contributed by atoms with Crippen molar-refractivity contribution >= 4 is 17.3 Å². The fourth-order valence-corrected chi connectivity index (χ4v) is 3.16. The van der Waals surface area contributed by atoms with Gasteiger partial charge in [-0.2, -0.15) is 0 Å². The van der Waals surface area contributed by atoms with Crippen molar-refractivity contribution < 1.29 is 4.39 Å². The summed E-state index contributed by atoms with van der Waals surface area (Å²) < 4.78 is 15.9. The Kier molecular flexibility index (Phi) is 3.27. The molecule has 0 saturated heterocycles. The van der Waals surface area contributed by atoms with E-state index < -0.39 is 0 Å². The molecule has 0 N–H and O–H groups in total. The Morgan fingerprint density at radius 3 is 2.78 bits per heavy atom. The summed E-state index contributed by atoms with van der Waals surface area (Å²) in [4.78, 5) is 9.09. The van der Waals surface area contributed by atoms with Gasteiger partial charge in [0.15, 0.2) is 0 Å². The van der Waals surface area contributed by atoms with Crippen LogP contribution in [0.15, 0.2) is 53.7 Å². The summed E-state index contributed by atoms with van der Waals surface area (Å²) in [6.45, 7) is 2.40. The average Bonchev–Trinajstić information content (AvgIpc) is 2.82. The molecule has 0 bridgehead atoms. The van der Waals surface area contributed by atoms with Gasteiger partial charge in [-0.1, -0.05) is 29.8 Å². The highest BCUT2D eigenvalue weighted by Gasteiger charge is 2.22. The van der Waals surface area contributed by atoms with E-state index in [0.29, 0.717) is 17.3 Å². The molecule has 3 nitrogen and oxygen atoms in total. The van der Waals surface area contributed by atoms with Crippen LogP contribution in [0.4, 0.5) is 4.39 Å². The number of aliphatic imine (C=N–C) groups is 1. The number of fused-ring (bicyclic) bond motifs is 3. The molecule has 0 spiro atoms. The molecular formula is C18H13ClFN3. The molecule has 0 saturated carbocycles. The smallest absolute Gasteiger partial charge is 0.135 e. The third-order valence-corrected chi connectivity index (χ3v) is 4.30. The highest BCUT2D eigenvalue weighted by Crippen LogP contribution is 2.29. The van der Waals surface area contributed by atoms with Crippen LogP contribution in [0.3, 0.4) is 0 Å². The number of imidazole rings is 1. The lowest BCUT2D eigenvalue weighted by Gasteiger charge is -2.14. The van der Waals surface area contributed by atoms with Crippen LogP contribution in [0, 0.1) is 12.7 Å². The molecule has 23 heavy (non-hydrogen) atoms. The number of benzene rings is 2. The first-order valence-electron chi connectivity index (χ1n) is 7.28. The zero-order valence-electron chi connectivity index (χ0n) is 12.4. The third kappa shape index (κ3) is 2.26. The van der Waals surface area contributed by atoms with Crippen LogP contribution in [0.5, 0.6) is 0 Å². The van der Waals surface area contributed by atoms with Gasteiger partial charge in [-0.3, -0.25) is 9.56 Å². The second-order valence-corrected chi connectivity index (χ2v) is 5.86. The van der Waals surface area contributed by atoms with Crippen molar-refractivity contribution in [2.45, 2.75) is 13.5 Å². The van der Waals surface area contributed by atoms with Crippen molar-refractivity contribution in [1.82, 2.24) is 9.55 Å². The van der Waals surface area contributed by atoms with E-state index in [1.165, 1.54) is 12.1 Å². The maximum atomic E-state index is 13.9. The van der Waals surface area contributed by atoms with Gasteiger partial charge >= 0.3 is 0 Å². The molecule has 0 fully saturated rings. The number of rotatable bonds is 1. The molecule has 2 aromatic carbocycles. The van der Waals surface area contributed by atoms with Gasteiger partial charge in [0, 0.05) is 28.0 Å². The van der Waals surface area contributed by atoms with E-state index in [1.807, 2.05) is 35.8 Å².